The van der Waals surface area contributed by atoms with Crippen LogP contribution in [0.2, 0.25) is 0 Å². The molecule has 1 aromatic rings. The third-order valence-corrected chi connectivity index (χ3v) is 3.46. The summed E-state index contributed by atoms with van der Waals surface area (Å²) >= 11 is 0. The summed E-state index contributed by atoms with van der Waals surface area (Å²) in [6, 6.07) is 6.55. The molecule has 0 spiro atoms. The lowest BCUT2D eigenvalue weighted by Crippen LogP contribution is -2.36. The SMILES string of the molecule is O=Cc1ccc(OCC(=O)OCC(=O)NC2CCCC2)cc1. The van der Waals surface area contributed by atoms with Crippen molar-refractivity contribution in [3.05, 3.63) is 29.8 Å². The number of esters is 1. The number of hydrogen-bond donors (Lipinski definition) is 1. The fourth-order valence-corrected chi connectivity index (χ4v) is 2.31. The first kappa shape index (κ1) is 16.0. The lowest BCUT2D eigenvalue weighted by molar-refractivity contribution is -0.150. The van der Waals surface area contributed by atoms with E-state index in [1.54, 1.807) is 24.3 Å². The maximum absolute atomic E-state index is 11.6. The van der Waals surface area contributed by atoms with Crippen molar-refractivity contribution < 1.29 is 23.9 Å². The van der Waals surface area contributed by atoms with Gasteiger partial charge in [-0.15, -0.1) is 0 Å². The number of hydrogen-bond acceptors (Lipinski definition) is 5. The Balaban J connectivity index is 1.64. The van der Waals surface area contributed by atoms with Crippen molar-refractivity contribution in [3.63, 3.8) is 0 Å². The van der Waals surface area contributed by atoms with Gasteiger partial charge in [-0.3, -0.25) is 9.59 Å². The number of nitrogens with one attached hydrogen (secondary N) is 1. The van der Waals surface area contributed by atoms with E-state index < -0.39 is 5.97 Å². The number of benzene rings is 1. The van der Waals surface area contributed by atoms with E-state index in [9.17, 15) is 14.4 Å². The van der Waals surface area contributed by atoms with Crippen molar-refractivity contribution >= 4 is 18.2 Å². The van der Waals surface area contributed by atoms with E-state index in [0.717, 1.165) is 32.0 Å². The molecule has 1 aliphatic rings. The molecule has 0 aromatic heterocycles. The number of aldehydes is 1. The molecule has 1 amide bonds. The predicted octanol–water partition coefficient (Wildman–Crippen LogP) is 1.48. The number of ether oxygens (including phenoxy) is 2. The smallest absolute Gasteiger partial charge is 0.344 e. The van der Waals surface area contributed by atoms with Crippen LogP contribution in [-0.2, 0) is 14.3 Å². The van der Waals surface area contributed by atoms with Gasteiger partial charge in [-0.25, -0.2) is 4.79 Å². The zero-order chi connectivity index (χ0) is 15.8. The Morgan fingerprint density at radius 3 is 2.45 bits per heavy atom. The molecule has 0 atom stereocenters. The molecular weight excluding hydrogens is 286 g/mol. The monoisotopic (exact) mass is 305 g/mol. The van der Waals surface area contributed by atoms with Gasteiger partial charge in [0.15, 0.2) is 13.2 Å². The van der Waals surface area contributed by atoms with Crippen LogP contribution in [0.4, 0.5) is 0 Å². The van der Waals surface area contributed by atoms with Gasteiger partial charge in [0, 0.05) is 11.6 Å². The highest BCUT2D eigenvalue weighted by Gasteiger charge is 2.17. The Morgan fingerprint density at radius 2 is 1.82 bits per heavy atom. The highest BCUT2D eigenvalue weighted by Crippen LogP contribution is 2.17. The van der Waals surface area contributed by atoms with Gasteiger partial charge in [0.1, 0.15) is 12.0 Å². The fourth-order valence-electron chi connectivity index (χ4n) is 2.31. The molecule has 0 saturated heterocycles. The van der Waals surface area contributed by atoms with E-state index in [2.05, 4.69) is 5.32 Å². The zero-order valence-electron chi connectivity index (χ0n) is 12.2. The molecule has 6 heteroatoms. The van der Waals surface area contributed by atoms with E-state index in [1.807, 2.05) is 0 Å². The Bertz CT molecular complexity index is 520. The second kappa shape index (κ2) is 8.17. The zero-order valence-corrected chi connectivity index (χ0v) is 12.2. The molecule has 0 unspecified atom stereocenters. The highest BCUT2D eigenvalue weighted by molar-refractivity contribution is 5.81. The summed E-state index contributed by atoms with van der Waals surface area (Å²) in [5.41, 5.74) is 0.526. The Morgan fingerprint density at radius 1 is 1.14 bits per heavy atom. The van der Waals surface area contributed by atoms with Gasteiger partial charge in [0.05, 0.1) is 0 Å². The van der Waals surface area contributed by atoms with Gasteiger partial charge < -0.3 is 14.8 Å². The molecule has 0 bridgehead atoms. The molecular formula is C16H19NO5. The summed E-state index contributed by atoms with van der Waals surface area (Å²) in [5.74, 6) is -0.436. The van der Waals surface area contributed by atoms with Gasteiger partial charge in [0.2, 0.25) is 0 Å². The highest BCUT2D eigenvalue weighted by atomic mass is 16.6. The minimum Gasteiger partial charge on any atom is -0.482 e. The van der Waals surface area contributed by atoms with Crippen molar-refractivity contribution in [1.82, 2.24) is 5.32 Å². The Labute approximate surface area is 128 Å². The fraction of sp³-hybridized carbons (Fsp3) is 0.438. The first-order chi connectivity index (χ1) is 10.7. The third-order valence-electron chi connectivity index (χ3n) is 3.46. The summed E-state index contributed by atoms with van der Waals surface area (Å²) in [5, 5.41) is 2.83. The first-order valence-electron chi connectivity index (χ1n) is 7.30. The number of rotatable bonds is 7. The maximum Gasteiger partial charge on any atom is 0.344 e. The minimum atomic E-state index is -0.610. The molecule has 0 heterocycles. The van der Waals surface area contributed by atoms with Crippen LogP contribution in [0.25, 0.3) is 0 Å². The quantitative estimate of drug-likeness (QED) is 0.609. The van der Waals surface area contributed by atoms with Crippen LogP contribution in [0, 0.1) is 0 Å². The van der Waals surface area contributed by atoms with Crippen LogP contribution in [0.5, 0.6) is 5.75 Å². The molecule has 1 saturated carbocycles. The second-order valence-corrected chi connectivity index (χ2v) is 5.19. The first-order valence-corrected chi connectivity index (χ1v) is 7.30. The third kappa shape index (κ3) is 5.20. The van der Waals surface area contributed by atoms with E-state index >= 15 is 0 Å². The maximum atomic E-state index is 11.6. The van der Waals surface area contributed by atoms with E-state index in [1.165, 1.54) is 0 Å². The van der Waals surface area contributed by atoms with Gasteiger partial charge in [0.25, 0.3) is 5.91 Å². The van der Waals surface area contributed by atoms with Crippen LogP contribution in [-0.4, -0.2) is 37.4 Å². The van der Waals surface area contributed by atoms with Crippen LogP contribution < -0.4 is 10.1 Å². The summed E-state index contributed by atoms with van der Waals surface area (Å²) in [6.45, 7) is -0.570. The van der Waals surface area contributed by atoms with Crippen molar-refractivity contribution in [2.45, 2.75) is 31.7 Å². The van der Waals surface area contributed by atoms with Crippen LogP contribution >= 0.6 is 0 Å². The lowest BCUT2D eigenvalue weighted by Gasteiger charge is -2.12. The molecule has 22 heavy (non-hydrogen) atoms. The van der Waals surface area contributed by atoms with Crippen molar-refractivity contribution in [2.75, 3.05) is 13.2 Å². The molecule has 1 fully saturated rings. The normalized spacial score (nSPS) is 14.4. The average molecular weight is 305 g/mol. The van der Waals surface area contributed by atoms with Crippen LogP contribution in [0.15, 0.2) is 24.3 Å². The second-order valence-electron chi connectivity index (χ2n) is 5.19. The topological polar surface area (TPSA) is 81.7 Å². The van der Waals surface area contributed by atoms with Crippen LogP contribution in [0.1, 0.15) is 36.0 Å². The molecule has 118 valence electrons. The average Bonchev–Trinajstić information content (AvgIpc) is 3.04. The molecule has 0 aliphatic heterocycles. The standard InChI is InChI=1S/C16H19NO5/c18-9-12-5-7-14(8-6-12)21-11-16(20)22-10-15(19)17-13-3-1-2-4-13/h5-9,13H,1-4,10-11H2,(H,17,19). The van der Waals surface area contributed by atoms with Crippen molar-refractivity contribution in [3.8, 4) is 5.75 Å². The number of amides is 1. The van der Waals surface area contributed by atoms with Crippen molar-refractivity contribution in [1.29, 1.82) is 0 Å². The van der Waals surface area contributed by atoms with E-state index in [4.69, 9.17) is 9.47 Å². The Kier molecular flexibility index (Phi) is 5.94. The Hall–Kier alpha value is -2.37. The molecule has 1 aromatic carbocycles. The lowest BCUT2D eigenvalue weighted by atomic mass is 10.2. The molecule has 0 radical (unpaired) electrons. The van der Waals surface area contributed by atoms with Gasteiger partial charge in [-0.2, -0.15) is 0 Å². The largest absolute Gasteiger partial charge is 0.482 e. The van der Waals surface area contributed by atoms with Gasteiger partial charge >= 0.3 is 5.97 Å². The van der Waals surface area contributed by atoms with Gasteiger partial charge in [-0.1, -0.05) is 12.8 Å². The summed E-state index contributed by atoms with van der Waals surface area (Å²) < 4.78 is 10.1. The van der Waals surface area contributed by atoms with Gasteiger partial charge in [-0.05, 0) is 37.1 Å². The van der Waals surface area contributed by atoms with E-state index in [-0.39, 0.29) is 25.2 Å². The summed E-state index contributed by atoms with van der Waals surface area (Å²) in [7, 11) is 0. The number of carbonyl (C=O) groups excluding carboxylic acids is 3. The summed E-state index contributed by atoms with van der Waals surface area (Å²) in [6.07, 6.45) is 4.95. The van der Waals surface area contributed by atoms with E-state index in [0.29, 0.717) is 11.3 Å². The summed E-state index contributed by atoms with van der Waals surface area (Å²) in [4.78, 5) is 33.6. The predicted molar refractivity (Wildman–Crippen MR) is 78.7 cm³/mol. The minimum absolute atomic E-state index is 0.207. The molecule has 1 N–H and O–H groups in total. The van der Waals surface area contributed by atoms with Crippen LogP contribution in [0.3, 0.4) is 0 Å². The molecule has 2 rings (SSSR count). The molecule has 6 nitrogen and oxygen atoms in total. The van der Waals surface area contributed by atoms with Crippen molar-refractivity contribution in [2.24, 2.45) is 0 Å². The number of carbonyl (C=O) groups is 3. The molecule has 1 aliphatic carbocycles.